The molecule has 1 saturated heterocycles. The van der Waals surface area contributed by atoms with Gasteiger partial charge in [-0.1, -0.05) is 18.2 Å². The first-order valence-corrected chi connectivity index (χ1v) is 7.36. The Kier molecular flexibility index (Phi) is 4.31. The van der Waals surface area contributed by atoms with Gasteiger partial charge in [-0.25, -0.2) is 9.37 Å². The van der Waals surface area contributed by atoms with Crippen molar-refractivity contribution in [3.63, 3.8) is 0 Å². The molecule has 1 aliphatic heterocycles. The molecule has 112 valence electrons. The van der Waals surface area contributed by atoms with Crippen LogP contribution < -0.4 is 0 Å². The number of hydrogen-bond donors (Lipinski definition) is 1. The van der Waals surface area contributed by atoms with Gasteiger partial charge < -0.3 is 14.6 Å². The van der Waals surface area contributed by atoms with Crippen LogP contribution in [0.5, 0.6) is 0 Å². The highest BCUT2D eigenvalue weighted by molar-refractivity contribution is 5.20. The number of imidazole rings is 1. The Bertz CT molecular complexity index is 565. The summed E-state index contributed by atoms with van der Waals surface area (Å²) in [5.41, 5.74) is 0.384. The third kappa shape index (κ3) is 3.31. The minimum absolute atomic E-state index is 0.335. The van der Waals surface area contributed by atoms with Crippen molar-refractivity contribution in [1.82, 2.24) is 14.5 Å². The molecule has 1 atom stereocenters. The third-order valence-corrected chi connectivity index (χ3v) is 4.20. The number of β-amino-alcohol motifs (C(OH)–C–C–N with tert-alkyl or cyclic N) is 1. The molecule has 1 N–H and O–H groups in total. The molecule has 2 aromatic rings. The second kappa shape index (κ2) is 6.37. The van der Waals surface area contributed by atoms with E-state index >= 15 is 0 Å². The van der Waals surface area contributed by atoms with E-state index in [-0.39, 0.29) is 5.82 Å². The molecule has 0 radical (unpaired) electrons. The summed E-state index contributed by atoms with van der Waals surface area (Å²) in [7, 11) is 0. The van der Waals surface area contributed by atoms with Crippen LogP contribution in [0.1, 0.15) is 30.6 Å². The highest BCUT2D eigenvalue weighted by atomic mass is 19.1. The van der Waals surface area contributed by atoms with Gasteiger partial charge in [0, 0.05) is 43.6 Å². The Morgan fingerprint density at radius 1 is 1.29 bits per heavy atom. The van der Waals surface area contributed by atoms with Crippen molar-refractivity contribution in [3.8, 4) is 0 Å². The van der Waals surface area contributed by atoms with Crippen molar-refractivity contribution in [3.05, 3.63) is 54.4 Å². The van der Waals surface area contributed by atoms with Crippen LogP contribution in [-0.2, 0) is 0 Å². The fraction of sp³-hybridized carbons (Fsp3) is 0.438. The first-order chi connectivity index (χ1) is 10.2. The molecule has 4 nitrogen and oxygen atoms in total. The lowest BCUT2D eigenvalue weighted by Gasteiger charge is -2.33. The van der Waals surface area contributed by atoms with E-state index in [9.17, 15) is 9.50 Å². The van der Waals surface area contributed by atoms with Gasteiger partial charge in [0.1, 0.15) is 5.82 Å². The molecule has 2 heterocycles. The number of hydrogen-bond acceptors (Lipinski definition) is 3. The van der Waals surface area contributed by atoms with Crippen molar-refractivity contribution in [2.24, 2.45) is 0 Å². The molecule has 1 aromatic heterocycles. The molecule has 5 heteroatoms. The summed E-state index contributed by atoms with van der Waals surface area (Å²) in [6.07, 6.45) is 6.94. The number of likely N-dealkylation sites (tertiary alicyclic amines) is 1. The predicted octanol–water partition coefficient (Wildman–Crippen LogP) is 2.39. The van der Waals surface area contributed by atoms with Crippen LogP contribution in [0, 0.1) is 5.82 Å². The van der Waals surface area contributed by atoms with E-state index in [1.807, 2.05) is 12.5 Å². The Balaban J connectivity index is 1.55. The summed E-state index contributed by atoms with van der Waals surface area (Å²) >= 11 is 0. The van der Waals surface area contributed by atoms with E-state index < -0.39 is 6.10 Å². The van der Waals surface area contributed by atoms with Gasteiger partial charge in [0.15, 0.2) is 0 Å². The largest absolute Gasteiger partial charge is 0.387 e. The number of halogens is 1. The summed E-state index contributed by atoms with van der Waals surface area (Å²) < 4.78 is 15.8. The maximum absolute atomic E-state index is 13.7. The number of rotatable bonds is 4. The smallest absolute Gasteiger partial charge is 0.129 e. The first-order valence-electron chi connectivity index (χ1n) is 7.36. The quantitative estimate of drug-likeness (QED) is 0.939. The van der Waals surface area contributed by atoms with E-state index in [1.54, 1.807) is 24.4 Å². The molecule has 0 amide bonds. The Labute approximate surface area is 123 Å². The Hall–Kier alpha value is -1.72. The molecular formula is C16H20FN3O. The first kappa shape index (κ1) is 14.2. The van der Waals surface area contributed by atoms with Crippen LogP contribution in [0.25, 0.3) is 0 Å². The van der Waals surface area contributed by atoms with Crippen LogP contribution in [0.3, 0.4) is 0 Å². The zero-order chi connectivity index (χ0) is 14.7. The van der Waals surface area contributed by atoms with Crippen molar-refractivity contribution in [2.45, 2.75) is 25.0 Å². The molecule has 0 spiro atoms. The maximum Gasteiger partial charge on any atom is 0.129 e. The molecule has 1 aromatic carbocycles. The maximum atomic E-state index is 13.7. The normalized spacial score (nSPS) is 18.8. The summed E-state index contributed by atoms with van der Waals surface area (Å²) in [4.78, 5) is 6.28. The van der Waals surface area contributed by atoms with Crippen LogP contribution in [0.2, 0.25) is 0 Å². The van der Waals surface area contributed by atoms with Crippen LogP contribution in [0.15, 0.2) is 43.0 Å². The number of aliphatic hydroxyl groups excluding tert-OH is 1. The second-order valence-electron chi connectivity index (χ2n) is 5.58. The van der Waals surface area contributed by atoms with Gasteiger partial charge in [-0.3, -0.25) is 0 Å². The van der Waals surface area contributed by atoms with Crippen molar-refractivity contribution in [2.75, 3.05) is 19.6 Å². The topological polar surface area (TPSA) is 41.3 Å². The zero-order valence-electron chi connectivity index (χ0n) is 11.9. The molecule has 3 rings (SSSR count). The van der Waals surface area contributed by atoms with E-state index in [0.717, 1.165) is 25.9 Å². The summed E-state index contributed by atoms with van der Waals surface area (Å²) in [5.74, 6) is -0.335. The van der Waals surface area contributed by atoms with Crippen LogP contribution in [0.4, 0.5) is 4.39 Å². The lowest BCUT2D eigenvalue weighted by molar-refractivity contribution is 0.0883. The van der Waals surface area contributed by atoms with Crippen molar-refractivity contribution >= 4 is 0 Å². The average Bonchev–Trinajstić information content (AvgIpc) is 3.02. The molecular weight excluding hydrogens is 269 g/mol. The van der Waals surface area contributed by atoms with Crippen molar-refractivity contribution < 1.29 is 9.50 Å². The van der Waals surface area contributed by atoms with E-state index in [1.165, 1.54) is 6.07 Å². The predicted molar refractivity (Wildman–Crippen MR) is 78.3 cm³/mol. The minimum atomic E-state index is -0.768. The minimum Gasteiger partial charge on any atom is -0.387 e. The summed E-state index contributed by atoms with van der Waals surface area (Å²) in [5, 5.41) is 10.2. The van der Waals surface area contributed by atoms with E-state index in [0.29, 0.717) is 18.2 Å². The van der Waals surface area contributed by atoms with Gasteiger partial charge in [-0.2, -0.15) is 0 Å². The third-order valence-electron chi connectivity index (χ3n) is 4.20. The van der Waals surface area contributed by atoms with Gasteiger partial charge >= 0.3 is 0 Å². The van der Waals surface area contributed by atoms with Crippen LogP contribution in [-0.4, -0.2) is 39.2 Å². The number of benzene rings is 1. The highest BCUT2D eigenvalue weighted by Crippen LogP contribution is 2.24. The van der Waals surface area contributed by atoms with Gasteiger partial charge in [-0.15, -0.1) is 0 Å². The molecule has 0 aliphatic carbocycles. The lowest BCUT2D eigenvalue weighted by atomic mass is 10.0. The second-order valence-corrected chi connectivity index (χ2v) is 5.58. The molecule has 1 aliphatic rings. The van der Waals surface area contributed by atoms with E-state index in [2.05, 4.69) is 14.5 Å². The Morgan fingerprint density at radius 3 is 2.71 bits per heavy atom. The fourth-order valence-electron chi connectivity index (χ4n) is 2.97. The summed E-state index contributed by atoms with van der Waals surface area (Å²) in [6.45, 7) is 2.31. The SMILES string of the molecule is OC(CN1CCC(n2ccnc2)CC1)c1ccccc1F. The van der Waals surface area contributed by atoms with Gasteiger partial charge in [0.2, 0.25) is 0 Å². The Morgan fingerprint density at radius 2 is 2.05 bits per heavy atom. The van der Waals surface area contributed by atoms with E-state index in [4.69, 9.17) is 0 Å². The zero-order valence-corrected chi connectivity index (χ0v) is 11.9. The molecule has 1 fully saturated rings. The highest BCUT2D eigenvalue weighted by Gasteiger charge is 2.23. The van der Waals surface area contributed by atoms with Gasteiger partial charge in [-0.05, 0) is 18.9 Å². The van der Waals surface area contributed by atoms with Gasteiger partial charge in [0.05, 0.1) is 12.4 Å². The number of nitrogens with zero attached hydrogens (tertiary/aromatic N) is 3. The number of aromatic nitrogens is 2. The molecule has 1 unspecified atom stereocenters. The molecule has 0 saturated carbocycles. The number of aliphatic hydroxyl groups is 1. The number of piperidine rings is 1. The summed E-state index contributed by atoms with van der Waals surface area (Å²) in [6, 6.07) is 6.92. The van der Waals surface area contributed by atoms with Crippen LogP contribution >= 0.6 is 0 Å². The van der Waals surface area contributed by atoms with Gasteiger partial charge in [0.25, 0.3) is 0 Å². The standard InChI is InChI=1S/C16H20FN3O/c17-15-4-2-1-3-14(15)16(21)11-19-8-5-13(6-9-19)20-10-7-18-12-20/h1-4,7,10,12-13,16,21H,5-6,8-9,11H2. The monoisotopic (exact) mass is 289 g/mol. The lowest BCUT2D eigenvalue weighted by Crippen LogP contribution is -2.37. The van der Waals surface area contributed by atoms with Crippen molar-refractivity contribution in [1.29, 1.82) is 0 Å². The fourth-order valence-corrected chi connectivity index (χ4v) is 2.97. The average molecular weight is 289 g/mol. The molecule has 0 bridgehead atoms. The molecule has 21 heavy (non-hydrogen) atoms.